The molecule has 1 N–H and O–H groups in total. The van der Waals surface area contributed by atoms with Crippen LogP contribution in [0.3, 0.4) is 0 Å². The normalized spacial score (nSPS) is 22.1. The summed E-state index contributed by atoms with van der Waals surface area (Å²) in [5.74, 6) is 0. The molecule has 1 heterocycles. The fourth-order valence-electron chi connectivity index (χ4n) is 2.46. The molecule has 2 nitrogen and oxygen atoms in total. The van der Waals surface area contributed by atoms with E-state index in [0.717, 1.165) is 32.6 Å². The van der Waals surface area contributed by atoms with Crippen LogP contribution < -0.4 is 5.32 Å². The molecule has 1 aromatic rings. The van der Waals surface area contributed by atoms with Crippen LogP contribution in [0, 0.1) is 0 Å². The van der Waals surface area contributed by atoms with Gasteiger partial charge in [0.1, 0.15) is 0 Å². The summed E-state index contributed by atoms with van der Waals surface area (Å²) in [6.07, 6.45) is 1.10. The largest absolute Gasteiger partial charge is 0.311 e. The van der Waals surface area contributed by atoms with Gasteiger partial charge in [-0.15, -0.1) is 0 Å². The Kier molecular flexibility index (Phi) is 5.24. The molecule has 2 rings (SSSR count). The summed E-state index contributed by atoms with van der Waals surface area (Å²) in [6, 6.07) is 11.2. The number of hydrogen-bond donors (Lipinski definition) is 1. The van der Waals surface area contributed by atoms with Crippen molar-refractivity contribution in [1.82, 2.24) is 10.2 Å². The molecule has 0 saturated carbocycles. The molecule has 1 saturated heterocycles. The minimum Gasteiger partial charge on any atom is -0.311 e. The van der Waals surface area contributed by atoms with Crippen LogP contribution in [0.15, 0.2) is 41.4 Å². The molecule has 1 unspecified atom stereocenters. The maximum atomic E-state index is 5.73. The van der Waals surface area contributed by atoms with Gasteiger partial charge in [-0.05, 0) is 24.5 Å². The Morgan fingerprint density at radius 3 is 2.94 bits per heavy atom. The molecular formula is C15H21ClN2. The maximum absolute atomic E-state index is 5.73. The van der Waals surface area contributed by atoms with Crippen LogP contribution >= 0.6 is 11.6 Å². The molecule has 0 radical (unpaired) electrons. The van der Waals surface area contributed by atoms with E-state index in [-0.39, 0.29) is 0 Å². The van der Waals surface area contributed by atoms with Crippen molar-refractivity contribution in [1.29, 1.82) is 0 Å². The zero-order valence-corrected chi connectivity index (χ0v) is 11.7. The summed E-state index contributed by atoms with van der Waals surface area (Å²) in [7, 11) is 0. The van der Waals surface area contributed by atoms with Crippen LogP contribution in [0.2, 0.25) is 0 Å². The van der Waals surface area contributed by atoms with E-state index >= 15 is 0 Å². The van der Waals surface area contributed by atoms with Gasteiger partial charge in [-0.2, -0.15) is 0 Å². The Morgan fingerprint density at radius 1 is 1.44 bits per heavy atom. The van der Waals surface area contributed by atoms with Gasteiger partial charge in [0.15, 0.2) is 0 Å². The van der Waals surface area contributed by atoms with E-state index in [1.807, 2.05) is 0 Å². The summed E-state index contributed by atoms with van der Waals surface area (Å²) < 4.78 is 0. The SMILES string of the molecule is C/C(=C/Cl)CN1CCNC(Cc2ccccc2)C1. The predicted molar refractivity (Wildman–Crippen MR) is 78.0 cm³/mol. The first-order valence-electron chi connectivity index (χ1n) is 6.53. The summed E-state index contributed by atoms with van der Waals surface area (Å²) >= 11 is 5.73. The van der Waals surface area contributed by atoms with Crippen molar-refractivity contribution in [3.8, 4) is 0 Å². The van der Waals surface area contributed by atoms with Crippen molar-refractivity contribution < 1.29 is 0 Å². The minimum atomic E-state index is 0.546. The average Bonchev–Trinajstić information content (AvgIpc) is 2.40. The van der Waals surface area contributed by atoms with Gasteiger partial charge in [0.05, 0.1) is 0 Å². The summed E-state index contributed by atoms with van der Waals surface area (Å²) in [5, 5.41) is 3.59. The molecule has 0 amide bonds. The van der Waals surface area contributed by atoms with E-state index in [2.05, 4.69) is 47.5 Å². The van der Waals surface area contributed by atoms with Gasteiger partial charge in [0, 0.05) is 37.8 Å². The van der Waals surface area contributed by atoms with Gasteiger partial charge in [0.25, 0.3) is 0 Å². The van der Waals surface area contributed by atoms with E-state index in [1.165, 1.54) is 11.1 Å². The second kappa shape index (κ2) is 6.93. The number of nitrogens with one attached hydrogen (secondary N) is 1. The highest BCUT2D eigenvalue weighted by molar-refractivity contribution is 6.25. The van der Waals surface area contributed by atoms with E-state index in [1.54, 1.807) is 5.54 Å². The third kappa shape index (κ3) is 4.13. The Labute approximate surface area is 115 Å². The molecule has 0 spiro atoms. The van der Waals surface area contributed by atoms with Gasteiger partial charge >= 0.3 is 0 Å². The lowest BCUT2D eigenvalue weighted by atomic mass is 10.0. The quantitative estimate of drug-likeness (QED) is 0.900. The zero-order chi connectivity index (χ0) is 12.8. The Hall–Kier alpha value is -0.830. The van der Waals surface area contributed by atoms with Gasteiger partial charge in [-0.1, -0.05) is 41.9 Å². The van der Waals surface area contributed by atoms with Crippen molar-refractivity contribution in [3.05, 3.63) is 47.0 Å². The number of benzene rings is 1. The second-order valence-corrected chi connectivity index (χ2v) is 5.25. The molecule has 0 aromatic heterocycles. The molecule has 3 heteroatoms. The molecule has 98 valence electrons. The lowest BCUT2D eigenvalue weighted by Gasteiger charge is -2.34. The van der Waals surface area contributed by atoms with Crippen LogP contribution in [-0.4, -0.2) is 37.1 Å². The molecule has 0 bridgehead atoms. The van der Waals surface area contributed by atoms with Crippen LogP contribution in [0.25, 0.3) is 0 Å². The zero-order valence-electron chi connectivity index (χ0n) is 10.9. The van der Waals surface area contributed by atoms with Crippen molar-refractivity contribution in [2.45, 2.75) is 19.4 Å². The van der Waals surface area contributed by atoms with Crippen LogP contribution in [0.1, 0.15) is 12.5 Å². The Bertz CT molecular complexity index is 389. The monoisotopic (exact) mass is 264 g/mol. The molecule has 1 aromatic carbocycles. The third-order valence-corrected chi connectivity index (χ3v) is 3.70. The lowest BCUT2D eigenvalue weighted by Crippen LogP contribution is -2.51. The van der Waals surface area contributed by atoms with Crippen LogP contribution in [-0.2, 0) is 6.42 Å². The number of hydrogen-bond acceptors (Lipinski definition) is 2. The van der Waals surface area contributed by atoms with E-state index in [0.29, 0.717) is 6.04 Å². The van der Waals surface area contributed by atoms with E-state index < -0.39 is 0 Å². The third-order valence-electron chi connectivity index (χ3n) is 3.32. The summed E-state index contributed by atoms with van der Waals surface area (Å²) in [4.78, 5) is 2.47. The molecule has 1 aliphatic heterocycles. The van der Waals surface area contributed by atoms with Crippen LogP contribution in [0.4, 0.5) is 0 Å². The predicted octanol–water partition coefficient (Wildman–Crippen LogP) is 2.65. The number of nitrogens with zero attached hydrogens (tertiary/aromatic N) is 1. The first kappa shape index (κ1) is 13.6. The fraction of sp³-hybridized carbons (Fsp3) is 0.467. The molecule has 1 atom stereocenters. The highest BCUT2D eigenvalue weighted by Gasteiger charge is 2.19. The Balaban J connectivity index is 1.87. The first-order chi connectivity index (χ1) is 8.78. The van der Waals surface area contributed by atoms with Gasteiger partial charge < -0.3 is 5.32 Å². The lowest BCUT2D eigenvalue weighted by molar-refractivity contribution is 0.213. The Morgan fingerprint density at radius 2 is 2.22 bits per heavy atom. The smallest absolute Gasteiger partial charge is 0.0236 e. The van der Waals surface area contributed by atoms with Crippen LogP contribution in [0.5, 0.6) is 0 Å². The standard InChI is InChI=1S/C15H21ClN2/c1-13(10-16)11-18-8-7-17-15(12-18)9-14-5-3-2-4-6-14/h2-6,10,15,17H,7-9,11-12H2,1H3/b13-10-. The molecule has 1 aliphatic rings. The average molecular weight is 265 g/mol. The summed E-state index contributed by atoms with van der Waals surface area (Å²) in [5.41, 5.74) is 4.33. The molecule has 1 fully saturated rings. The van der Waals surface area contributed by atoms with Crippen molar-refractivity contribution in [2.24, 2.45) is 0 Å². The van der Waals surface area contributed by atoms with Crippen molar-refractivity contribution in [3.63, 3.8) is 0 Å². The minimum absolute atomic E-state index is 0.546. The molecule has 0 aliphatic carbocycles. The number of halogens is 1. The molecule has 18 heavy (non-hydrogen) atoms. The first-order valence-corrected chi connectivity index (χ1v) is 6.97. The van der Waals surface area contributed by atoms with Crippen molar-refractivity contribution >= 4 is 11.6 Å². The second-order valence-electron chi connectivity index (χ2n) is 5.03. The van der Waals surface area contributed by atoms with Gasteiger partial charge in [0.2, 0.25) is 0 Å². The van der Waals surface area contributed by atoms with E-state index in [4.69, 9.17) is 11.6 Å². The van der Waals surface area contributed by atoms with Gasteiger partial charge in [-0.3, -0.25) is 4.90 Å². The summed E-state index contributed by atoms with van der Waals surface area (Å²) in [6.45, 7) is 6.33. The number of rotatable bonds is 4. The van der Waals surface area contributed by atoms with E-state index in [9.17, 15) is 0 Å². The number of piperazine rings is 1. The maximum Gasteiger partial charge on any atom is 0.0236 e. The van der Waals surface area contributed by atoms with Gasteiger partial charge in [-0.25, -0.2) is 0 Å². The highest BCUT2D eigenvalue weighted by atomic mass is 35.5. The van der Waals surface area contributed by atoms with Crippen molar-refractivity contribution in [2.75, 3.05) is 26.2 Å². The fourth-order valence-corrected chi connectivity index (χ4v) is 2.53. The highest BCUT2D eigenvalue weighted by Crippen LogP contribution is 2.09. The molecular weight excluding hydrogens is 244 g/mol. The topological polar surface area (TPSA) is 15.3 Å².